The average Bonchev–Trinajstić information content (AvgIpc) is 3.41. The molecule has 2 heteroatoms. The van der Waals surface area contributed by atoms with Crippen LogP contribution in [0, 0.1) is 0 Å². The molecule has 152 valence electrons. The van der Waals surface area contributed by atoms with Crippen molar-refractivity contribution in [3.8, 4) is 5.69 Å². The third-order valence-corrected chi connectivity index (χ3v) is 7.03. The first-order chi connectivity index (χ1) is 15.9. The zero-order valence-corrected chi connectivity index (χ0v) is 18.3. The van der Waals surface area contributed by atoms with Crippen molar-refractivity contribution in [2.45, 2.75) is 0 Å². The van der Waals surface area contributed by atoms with Gasteiger partial charge in [-0.05, 0) is 36.4 Å². The van der Waals surface area contributed by atoms with Gasteiger partial charge in [-0.25, -0.2) is 0 Å². The molecule has 7 rings (SSSR count). The molecule has 32 heavy (non-hydrogen) atoms. The van der Waals surface area contributed by atoms with Crippen molar-refractivity contribution in [3.05, 3.63) is 127 Å². The summed E-state index contributed by atoms with van der Waals surface area (Å²) in [4.78, 5) is 0. The Hall–Kier alpha value is -3.88. The molecule has 5 aromatic carbocycles. The fourth-order valence-corrected chi connectivity index (χ4v) is 5.56. The Bertz CT molecular complexity index is 1570. The lowest BCUT2D eigenvalue weighted by Gasteiger charge is -2.06. The molecule has 0 atom stereocenters. The highest BCUT2D eigenvalue weighted by atomic mass is 32.1. The normalized spacial score (nSPS) is 11.1. The second-order valence-corrected chi connectivity index (χ2v) is 8.88. The lowest BCUT2D eigenvalue weighted by molar-refractivity contribution is 1.18. The van der Waals surface area contributed by atoms with Crippen LogP contribution in [-0.2, 0) is 0 Å². The van der Waals surface area contributed by atoms with Crippen LogP contribution in [0.4, 0.5) is 0 Å². The van der Waals surface area contributed by atoms with Crippen molar-refractivity contribution >= 4 is 53.3 Å². The van der Waals surface area contributed by atoms with Gasteiger partial charge in [-0.2, -0.15) is 0 Å². The third kappa shape index (κ3) is 3.17. The minimum atomic E-state index is 1.21. The van der Waals surface area contributed by atoms with Crippen molar-refractivity contribution in [2.75, 3.05) is 0 Å². The van der Waals surface area contributed by atoms with Gasteiger partial charge in [0.15, 0.2) is 0 Å². The lowest BCUT2D eigenvalue weighted by atomic mass is 10.2. The van der Waals surface area contributed by atoms with Crippen molar-refractivity contribution < 1.29 is 0 Å². The molecule has 0 amide bonds. The maximum atomic E-state index is 2.32. The van der Waals surface area contributed by atoms with E-state index in [1.807, 2.05) is 11.3 Å². The molecule has 0 saturated carbocycles. The molecule has 7 aromatic rings. The van der Waals surface area contributed by atoms with Gasteiger partial charge in [0.25, 0.3) is 0 Å². The number of hydrogen-bond acceptors (Lipinski definition) is 1. The fourth-order valence-electron chi connectivity index (χ4n) is 4.45. The van der Waals surface area contributed by atoms with Crippen LogP contribution in [0.5, 0.6) is 0 Å². The monoisotopic (exact) mass is 427 g/mol. The van der Waals surface area contributed by atoms with Crippen LogP contribution in [0.3, 0.4) is 0 Å². The van der Waals surface area contributed by atoms with Gasteiger partial charge in [0.1, 0.15) is 0 Å². The van der Waals surface area contributed by atoms with Crippen molar-refractivity contribution in [1.82, 2.24) is 4.57 Å². The van der Waals surface area contributed by atoms with E-state index >= 15 is 0 Å². The van der Waals surface area contributed by atoms with Crippen molar-refractivity contribution in [2.24, 2.45) is 0 Å². The minimum Gasteiger partial charge on any atom is -0.309 e. The van der Waals surface area contributed by atoms with E-state index in [1.165, 1.54) is 47.7 Å². The molecule has 0 aliphatic rings. The van der Waals surface area contributed by atoms with Crippen LogP contribution < -0.4 is 0 Å². The minimum absolute atomic E-state index is 1.21. The van der Waals surface area contributed by atoms with Gasteiger partial charge in [-0.1, -0.05) is 91.0 Å². The first-order valence-electron chi connectivity index (χ1n) is 10.8. The van der Waals surface area contributed by atoms with E-state index in [2.05, 4.69) is 132 Å². The van der Waals surface area contributed by atoms with Gasteiger partial charge in [0.05, 0.1) is 11.0 Å². The smallest absolute Gasteiger partial charge is 0.0541 e. The number of nitrogens with zero attached hydrogens (tertiary/aromatic N) is 1. The van der Waals surface area contributed by atoms with Crippen LogP contribution in [0.15, 0.2) is 127 Å². The summed E-state index contributed by atoms with van der Waals surface area (Å²) in [6.07, 6.45) is 0. The Morgan fingerprint density at radius 2 is 0.781 bits per heavy atom. The lowest BCUT2D eigenvalue weighted by Crippen LogP contribution is -1.92. The largest absolute Gasteiger partial charge is 0.309 e. The molecule has 0 N–H and O–H groups in total. The van der Waals surface area contributed by atoms with Crippen LogP contribution in [0.2, 0.25) is 0 Å². The first-order valence-corrected chi connectivity index (χ1v) is 11.6. The number of para-hydroxylation sites is 3. The summed E-state index contributed by atoms with van der Waals surface area (Å²) >= 11 is 1.86. The summed E-state index contributed by atoms with van der Waals surface area (Å²) in [6.45, 7) is 0. The first kappa shape index (κ1) is 18.9. The predicted molar refractivity (Wildman–Crippen MR) is 140 cm³/mol. The molecule has 0 aliphatic carbocycles. The molecule has 0 radical (unpaired) electrons. The van der Waals surface area contributed by atoms with E-state index in [0.717, 1.165) is 0 Å². The molecule has 2 aromatic heterocycles. The topological polar surface area (TPSA) is 4.93 Å². The summed E-state index contributed by atoms with van der Waals surface area (Å²) in [5, 5.41) is 5.37. The Morgan fingerprint density at radius 1 is 0.375 bits per heavy atom. The molecule has 0 unspecified atom stereocenters. The van der Waals surface area contributed by atoms with E-state index < -0.39 is 0 Å². The Labute approximate surface area is 190 Å². The second-order valence-electron chi connectivity index (χ2n) is 7.80. The van der Waals surface area contributed by atoms with Gasteiger partial charge in [-0.3, -0.25) is 0 Å². The number of hydrogen-bond donors (Lipinski definition) is 0. The van der Waals surface area contributed by atoms with Crippen LogP contribution in [-0.4, -0.2) is 4.57 Å². The highest BCUT2D eigenvalue weighted by Crippen LogP contribution is 2.33. The summed E-state index contributed by atoms with van der Waals surface area (Å²) in [7, 11) is 0. The number of thiophene rings is 1. The number of aromatic nitrogens is 1. The molecule has 2 heterocycles. The number of rotatable bonds is 1. The van der Waals surface area contributed by atoms with Gasteiger partial charge in [0, 0.05) is 36.6 Å². The molecular formula is C30H21NS. The molecule has 0 spiro atoms. The van der Waals surface area contributed by atoms with Crippen LogP contribution in [0.1, 0.15) is 0 Å². The van der Waals surface area contributed by atoms with Crippen molar-refractivity contribution in [3.63, 3.8) is 0 Å². The number of benzene rings is 5. The van der Waals surface area contributed by atoms with E-state index in [-0.39, 0.29) is 0 Å². The highest BCUT2D eigenvalue weighted by molar-refractivity contribution is 7.25. The SMILES string of the molecule is c1ccc(-n2c3ccccc3c3ccccc32)cc1.c1ccc2c(c1)sc1ccccc12. The molecule has 0 aliphatic heterocycles. The summed E-state index contributed by atoms with van der Waals surface area (Å²) in [5.41, 5.74) is 3.73. The van der Waals surface area contributed by atoms with Gasteiger partial charge < -0.3 is 4.57 Å². The van der Waals surface area contributed by atoms with Gasteiger partial charge in [-0.15, -0.1) is 11.3 Å². The van der Waals surface area contributed by atoms with Crippen molar-refractivity contribution in [1.29, 1.82) is 0 Å². The summed E-state index contributed by atoms with van der Waals surface area (Å²) < 4.78 is 5.08. The fraction of sp³-hybridized carbons (Fsp3) is 0. The average molecular weight is 428 g/mol. The molecule has 0 fully saturated rings. The Morgan fingerprint density at radius 3 is 1.31 bits per heavy atom. The van der Waals surface area contributed by atoms with E-state index in [4.69, 9.17) is 0 Å². The van der Waals surface area contributed by atoms with Crippen LogP contribution >= 0.6 is 11.3 Å². The molecule has 1 nitrogen and oxygen atoms in total. The standard InChI is InChI=1S/C18H13N.C12H8S/c1-2-8-14(9-3-1)19-17-12-6-4-10-15(17)16-11-5-7-13-18(16)19;1-3-7-11-9(5-1)10-6-2-4-8-12(10)13-11/h1-13H;1-8H. The quantitative estimate of drug-likeness (QED) is 0.247. The van der Waals surface area contributed by atoms with Gasteiger partial charge >= 0.3 is 0 Å². The maximum Gasteiger partial charge on any atom is 0.0541 e. The number of fused-ring (bicyclic) bond motifs is 6. The van der Waals surface area contributed by atoms with Gasteiger partial charge in [0.2, 0.25) is 0 Å². The predicted octanol–water partition coefficient (Wildman–Crippen LogP) is 8.84. The van der Waals surface area contributed by atoms with E-state index in [1.54, 1.807) is 0 Å². The maximum absolute atomic E-state index is 2.32. The Balaban J connectivity index is 0.000000131. The highest BCUT2D eigenvalue weighted by Gasteiger charge is 2.10. The molecular weight excluding hydrogens is 406 g/mol. The van der Waals surface area contributed by atoms with Crippen LogP contribution in [0.25, 0.3) is 47.7 Å². The molecule has 0 saturated heterocycles. The summed E-state index contributed by atoms with van der Waals surface area (Å²) in [5.74, 6) is 0. The zero-order valence-electron chi connectivity index (χ0n) is 17.5. The Kier molecular flexibility index (Phi) is 4.71. The second kappa shape index (κ2) is 7.99. The summed E-state index contributed by atoms with van der Waals surface area (Å²) in [6, 6.07) is 44.8. The molecule has 0 bridgehead atoms. The van der Waals surface area contributed by atoms with E-state index in [0.29, 0.717) is 0 Å². The zero-order chi connectivity index (χ0) is 21.3. The third-order valence-electron chi connectivity index (χ3n) is 5.88. The van der Waals surface area contributed by atoms with E-state index in [9.17, 15) is 0 Å².